The lowest BCUT2D eigenvalue weighted by atomic mass is 9.98. The quantitative estimate of drug-likeness (QED) is 0.473. The number of alkyl carbamates (subject to hydrolysis) is 1. The topological polar surface area (TPSA) is 123 Å². The molecule has 2 amide bonds. The van der Waals surface area contributed by atoms with Crippen LogP contribution >= 0.6 is 0 Å². The maximum atomic E-state index is 12.3. The zero-order valence-corrected chi connectivity index (χ0v) is 18.6. The standard InChI is InChI=1S/C24H28N2O7/c1-31-14-20(23(28)29)26-22(27)21(32-2)11-12-25-24(30)33-13-19-17-9-5-3-7-15(17)16-8-4-6-10-18(16)19/h3-10,19-21H,11-14H2,1-2H3,(H,25,30)(H,26,27)(H,28,29)/t20-,21?/m0/s1. The molecule has 3 rings (SSSR count). The van der Waals surface area contributed by atoms with Crippen molar-refractivity contribution in [2.45, 2.75) is 24.5 Å². The minimum Gasteiger partial charge on any atom is -0.480 e. The number of hydrogen-bond acceptors (Lipinski definition) is 6. The summed E-state index contributed by atoms with van der Waals surface area (Å²) >= 11 is 0. The first-order valence-corrected chi connectivity index (χ1v) is 10.6. The number of amides is 2. The van der Waals surface area contributed by atoms with Crippen molar-refractivity contribution in [1.82, 2.24) is 10.6 Å². The highest BCUT2D eigenvalue weighted by Gasteiger charge is 2.29. The molecule has 9 heteroatoms. The monoisotopic (exact) mass is 456 g/mol. The first-order chi connectivity index (χ1) is 16.0. The van der Waals surface area contributed by atoms with Gasteiger partial charge >= 0.3 is 12.1 Å². The van der Waals surface area contributed by atoms with Gasteiger partial charge in [0, 0.05) is 33.1 Å². The number of carbonyl (C=O) groups excluding carboxylic acids is 2. The first-order valence-electron chi connectivity index (χ1n) is 10.6. The Morgan fingerprint density at radius 3 is 2.15 bits per heavy atom. The number of carboxylic acids is 1. The number of methoxy groups -OCH3 is 2. The molecule has 2 aromatic carbocycles. The van der Waals surface area contributed by atoms with Gasteiger partial charge in [-0.25, -0.2) is 9.59 Å². The van der Waals surface area contributed by atoms with Crippen LogP contribution in [0, 0.1) is 0 Å². The molecule has 3 N–H and O–H groups in total. The Bertz CT molecular complexity index is 949. The SMILES string of the molecule is COC[C@H](NC(=O)C(CCNC(=O)OCC1c2ccccc2-c2ccccc21)OC)C(=O)O. The van der Waals surface area contributed by atoms with E-state index in [0.29, 0.717) is 0 Å². The van der Waals surface area contributed by atoms with Crippen molar-refractivity contribution in [3.63, 3.8) is 0 Å². The number of carboxylic acid groups (broad SMARTS) is 1. The van der Waals surface area contributed by atoms with Gasteiger partial charge in [-0.1, -0.05) is 48.5 Å². The van der Waals surface area contributed by atoms with Crippen LogP contribution in [0.3, 0.4) is 0 Å². The summed E-state index contributed by atoms with van der Waals surface area (Å²) in [5.74, 6) is -1.86. The molecule has 0 spiro atoms. The number of benzene rings is 2. The van der Waals surface area contributed by atoms with Crippen LogP contribution in [0.4, 0.5) is 4.79 Å². The molecule has 0 heterocycles. The minimum atomic E-state index is -1.21. The maximum absolute atomic E-state index is 12.3. The van der Waals surface area contributed by atoms with E-state index in [9.17, 15) is 14.4 Å². The van der Waals surface area contributed by atoms with Crippen molar-refractivity contribution in [2.24, 2.45) is 0 Å². The summed E-state index contributed by atoms with van der Waals surface area (Å²) in [5.41, 5.74) is 4.52. The van der Waals surface area contributed by atoms with Gasteiger partial charge in [0.1, 0.15) is 12.7 Å². The molecule has 9 nitrogen and oxygen atoms in total. The summed E-state index contributed by atoms with van der Waals surface area (Å²) < 4.78 is 15.4. The van der Waals surface area contributed by atoms with E-state index in [-0.39, 0.29) is 32.1 Å². The Morgan fingerprint density at radius 1 is 1.00 bits per heavy atom. The number of nitrogens with one attached hydrogen (secondary N) is 2. The van der Waals surface area contributed by atoms with Gasteiger partial charge in [-0.2, -0.15) is 0 Å². The molecule has 0 radical (unpaired) electrons. The predicted octanol–water partition coefficient (Wildman–Crippen LogP) is 2.15. The molecular formula is C24H28N2O7. The number of carbonyl (C=O) groups is 3. The fourth-order valence-corrected chi connectivity index (χ4v) is 3.92. The van der Waals surface area contributed by atoms with Crippen LogP contribution in [0.2, 0.25) is 0 Å². The first kappa shape index (κ1) is 24.2. The Kier molecular flexibility index (Phi) is 8.39. The lowest BCUT2D eigenvalue weighted by Crippen LogP contribution is -2.48. The van der Waals surface area contributed by atoms with E-state index in [2.05, 4.69) is 22.8 Å². The summed E-state index contributed by atoms with van der Waals surface area (Å²) in [6.07, 6.45) is -1.39. The fourth-order valence-electron chi connectivity index (χ4n) is 3.92. The molecule has 0 saturated heterocycles. The molecule has 0 aromatic heterocycles. The van der Waals surface area contributed by atoms with Crippen LogP contribution in [-0.2, 0) is 23.8 Å². The van der Waals surface area contributed by atoms with E-state index in [0.717, 1.165) is 22.3 Å². The third-order valence-electron chi connectivity index (χ3n) is 5.54. The molecule has 0 aliphatic heterocycles. The van der Waals surface area contributed by atoms with Crippen molar-refractivity contribution >= 4 is 18.0 Å². The van der Waals surface area contributed by atoms with Crippen LogP contribution in [0.1, 0.15) is 23.5 Å². The van der Waals surface area contributed by atoms with Gasteiger partial charge in [-0.3, -0.25) is 4.79 Å². The third-order valence-corrected chi connectivity index (χ3v) is 5.54. The maximum Gasteiger partial charge on any atom is 0.407 e. The number of rotatable bonds is 11. The van der Waals surface area contributed by atoms with Gasteiger partial charge in [0.25, 0.3) is 0 Å². The average molecular weight is 456 g/mol. The van der Waals surface area contributed by atoms with Gasteiger partial charge in [-0.15, -0.1) is 0 Å². The Morgan fingerprint density at radius 2 is 1.61 bits per heavy atom. The minimum absolute atomic E-state index is 0.0469. The van der Waals surface area contributed by atoms with Crippen molar-refractivity contribution in [1.29, 1.82) is 0 Å². The molecule has 0 bridgehead atoms. The molecule has 2 aromatic rings. The van der Waals surface area contributed by atoms with Gasteiger partial charge in [0.05, 0.1) is 6.61 Å². The number of aliphatic carboxylic acids is 1. The molecule has 2 atom stereocenters. The molecule has 1 aliphatic carbocycles. The van der Waals surface area contributed by atoms with Crippen LogP contribution in [0.25, 0.3) is 11.1 Å². The van der Waals surface area contributed by atoms with Crippen molar-refractivity contribution < 1.29 is 33.7 Å². The highest BCUT2D eigenvalue weighted by Crippen LogP contribution is 2.44. The van der Waals surface area contributed by atoms with E-state index < -0.39 is 30.1 Å². The van der Waals surface area contributed by atoms with Crippen LogP contribution < -0.4 is 10.6 Å². The van der Waals surface area contributed by atoms with Crippen molar-refractivity contribution in [2.75, 3.05) is 34.0 Å². The molecule has 0 fully saturated rings. The van der Waals surface area contributed by atoms with Gasteiger partial charge in [0.15, 0.2) is 6.04 Å². The predicted molar refractivity (Wildman–Crippen MR) is 120 cm³/mol. The summed E-state index contributed by atoms with van der Waals surface area (Å²) in [6, 6.07) is 14.9. The summed E-state index contributed by atoms with van der Waals surface area (Å²) in [4.78, 5) is 35.7. The molecular weight excluding hydrogens is 428 g/mol. The molecule has 176 valence electrons. The second-order valence-corrected chi connectivity index (χ2v) is 7.62. The largest absolute Gasteiger partial charge is 0.480 e. The van der Waals surface area contributed by atoms with Gasteiger partial charge in [0.2, 0.25) is 5.91 Å². The fraction of sp³-hybridized carbons (Fsp3) is 0.375. The van der Waals surface area contributed by atoms with E-state index in [1.165, 1.54) is 14.2 Å². The van der Waals surface area contributed by atoms with Crippen molar-refractivity contribution in [3.8, 4) is 11.1 Å². The highest BCUT2D eigenvalue weighted by atomic mass is 16.5. The smallest absolute Gasteiger partial charge is 0.407 e. The Labute approximate surface area is 192 Å². The summed E-state index contributed by atoms with van der Waals surface area (Å²) in [5, 5.41) is 14.1. The zero-order valence-electron chi connectivity index (χ0n) is 18.6. The lowest BCUT2D eigenvalue weighted by Gasteiger charge is -2.19. The van der Waals surface area contributed by atoms with Gasteiger partial charge in [-0.05, 0) is 22.3 Å². The summed E-state index contributed by atoms with van der Waals surface area (Å²) in [6.45, 7) is 0.130. The second kappa shape index (κ2) is 11.4. The molecule has 33 heavy (non-hydrogen) atoms. The average Bonchev–Trinajstić information content (AvgIpc) is 3.13. The molecule has 0 saturated carbocycles. The van der Waals surface area contributed by atoms with Crippen LogP contribution in [-0.4, -0.2) is 69.2 Å². The number of fused-ring (bicyclic) bond motifs is 3. The molecule has 1 unspecified atom stereocenters. The second-order valence-electron chi connectivity index (χ2n) is 7.62. The van der Waals surface area contributed by atoms with E-state index in [1.54, 1.807) is 0 Å². The Hall–Kier alpha value is -3.43. The van der Waals surface area contributed by atoms with Crippen LogP contribution in [0.15, 0.2) is 48.5 Å². The molecule has 1 aliphatic rings. The number of ether oxygens (including phenoxy) is 3. The lowest BCUT2D eigenvalue weighted by molar-refractivity contribution is -0.145. The third kappa shape index (κ3) is 5.88. The van der Waals surface area contributed by atoms with E-state index in [4.69, 9.17) is 19.3 Å². The highest BCUT2D eigenvalue weighted by molar-refractivity contribution is 5.86. The van der Waals surface area contributed by atoms with E-state index >= 15 is 0 Å². The van der Waals surface area contributed by atoms with Crippen molar-refractivity contribution in [3.05, 3.63) is 59.7 Å². The summed E-state index contributed by atoms with van der Waals surface area (Å²) in [7, 11) is 2.68. The Balaban J connectivity index is 1.49. The van der Waals surface area contributed by atoms with Gasteiger partial charge < -0.3 is 30.0 Å². The zero-order chi connectivity index (χ0) is 23.8. The van der Waals surface area contributed by atoms with E-state index in [1.807, 2.05) is 36.4 Å². The normalized spacial score (nSPS) is 14.0. The number of hydrogen-bond donors (Lipinski definition) is 3. The van der Waals surface area contributed by atoms with Crippen LogP contribution in [0.5, 0.6) is 0 Å².